The first kappa shape index (κ1) is 22.7. The molecule has 0 saturated carbocycles. The highest BCUT2D eigenvalue weighted by Gasteiger charge is 2.42. The fourth-order valence-electron chi connectivity index (χ4n) is 4.40. The summed E-state index contributed by atoms with van der Waals surface area (Å²) in [5.74, 6) is 1.82. The van der Waals surface area contributed by atoms with Crippen LogP contribution in [0.1, 0.15) is 25.3 Å². The van der Waals surface area contributed by atoms with E-state index in [2.05, 4.69) is 10.2 Å². The molecule has 1 atom stereocenters. The van der Waals surface area contributed by atoms with Gasteiger partial charge in [-0.1, -0.05) is 11.6 Å². The molecule has 7 nitrogen and oxygen atoms in total. The Morgan fingerprint density at radius 1 is 1.28 bits per heavy atom. The fourth-order valence-corrected chi connectivity index (χ4v) is 4.60. The number of likely N-dealkylation sites (tertiary alicyclic amines) is 1. The Balaban J connectivity index is 1.28. The molecule has 2 aliphatic rings. The molecule has 32 heavy (non-hydrogen) atoms. The van der Waals surface area contributed by atoms with Gasteiger partial charge in [0.25, 0.3) is 0 Å². The van der Waals surface area contributed by atoms with Crippen LogP contribution in [0.25, 0.3) is 0 Å². The predicted molar refractivity (Wildman–Crippen MR) is 123 cm³/mol. The van der Waals surface area contributed by atoms with Crippen molar-refractivity contribution in [3.05, 3.63) is 47.0 Å². The average molecular weight is 461 g/mol. The molecule has 0 bridgehead atoms. The maximum atomic E-state index is 11.4. The van der Waals surface area contributed by atoms with E-state index in [4.69, 9.17) is 25.8 Å². The molecule has 4 rings (SSSR count). The zero-order valence-corrected chi connectivity index (χ0v) is 19.2. The summed E-state index contributed by atoms with van der Waals surface area (Å²) in [7, 11) is 1.57. The molecule has 2 N–H and O–H groups in total. The first-order valence-corrected chi connectivity index (χ1v) is 11.2. The number of nitrogens with one attached hydrogen (secondary N) is 1. The molecule has 1 saturated heterocycles. The summed E-state index contributed by atoms with van der Waals surface area (Å²) in [4.78, 5) is 13.7. The summed E-state index contributed by atoms with van der Waals surface area (Å²) in [5.41, 5.74) is 1.55. The number of piperidine rings is 1. The molecule has 0 aliphatic carbocycles. The number of fused-ring (bicyclic) bond motifs is 1. The smallest absolute Gasteiger partial charge is 0.221 e. The summed E-state index contributed by atoms with van der Waals surface area (Å²) < 4.78 is 17.4. The minimum Gasteiger partial charge on any atom is -0.497 e. The molecule has 0 aromatic heterocycles. The van der Waals surface area contributed by atoms with Crippen LogP contribution in [0.15, 0.2) is 36.4 Å². The lowest BCUT2D eigenvalue weighted by molar-refractivity contribution is -0.114. The average Bonchev–Trinajstić information content (AvgIpc) is 3.11. The lowest BCUT2D eigenvalue weighted by Gasteiger charge is -2.39. The second-order valence-corrected chi connectivity index (χ2v) is 8.96. The topological polar surface area (TPSA) is 80.3 Å². The summed E-state index contributed by atoms with van der Waals surface area (Å²) in [6.45, 7) is 3.74. The van der Waals surface area contributed by atoms with Gasteiger partial charge in [0.15, 0.2) is 0 Å². The minimum absolute atomic E-state index is 0.113. The number of benzene rings is 2. The van der Waals surface area contributed by atoms with Crippen molar-refractivity contribution in [1.29, 1.82) is 0 Å². The van der Waals surface area contributed by atoms with E-state index in [1.54, 1.807) is 25.3 Å². The summed E-state index contributed by atoms with van der Waals surface area (Å²) in [5, 5.41) is 14.0. The van der Waals surface area contributed by atoms with E-state index >= 15 is 0 Å². The third-order valence-electron chi connectivity index (χ3n) is 6.03. The number of nitrogens with zero attached hydrogens (tertiary/aromatic N) is 1. The van der Waals surface area contributed by atoms with Crippen molar-refractivity contribution < 1.29 is 24.1 Å². The summed E-state index contributed by atoms with van der Waals surface area (Å²) >= 11 is 6.13. The second-order valence-electron chi connectivity index (χ2n) is 8.52. The van der Waals surface area contributed by atoms with Crippen LogP contribution < -0.4 is 19.5 Å². The number of halogens is 1. The highest BCUT2D eigenvalue weighted by molar-refractivity contribution is 6.30. The Hall–Kier alpha value is -2.48. The monoisotopic (exact) mass is 460 g/mol. The van der Waals surface area contributed by atoms with Gasteiger partial charge < -0.3 is 29.5 Å². The lowest BCUT2D eigenvalue weighted by atomic mass is 9.87. The molecule has 2 aliphatic heterocycles. The summed E-state index contributed by atoms with van der Waals surface area (Å²) in [6.07, 6.45) is 2.01. The Kier molecular flexibility index (Phi) is 6.79. The predicted octanol–water partition coefficient (Wildman–Crippen LogP) is 3.52. The van der Waals surface area contributed by atoms with E-state index in [0.717, 1.165) is 43.1 Å². The van der Waals surface area contributed by atoms with Gasteiger partial charge in [-0.05, 0) is 35.9 Å². The SMILES string of the molecule is COc1ccc(NC(C)=O)c(OC[C@H](O)CN2CCC3(CC2)Cc2cc(Cl)ccc2O3)c1. The van der Waals surface area contributed by atoms with Gasteiger partial charge in [0, 0.05) is 56.9 Å². The first-order chi connectivity index (χ1) is 15.4. The molecule has 2 aromatic rings. The van der Waals surface area contributed by atoms with Gasteiger partial charge in [-0.15, -0.1) is 0 Å². The van der Waals surface area contributed by atoms with Crippen LogP contribution in [-0.4, -0.2) is 61.0 Å². The highest BCUT2D eigenvalue weighted by atomic mass is 35.5. The van der Waals surface area contributed by atoms with Crippen molar-refractivity contribution in [3.63, 3.8) is 0 Å². The molecule has 0 unspecified atom stereocenters. The largest absolute Gasteiger partial charge is 0.497 e. The number of aliphatic hydroxyl groups excluding tert-OH is 1. The van der Waals surface area contributed by atoms with Crippen molar-refractivity contribution in [2.24, 2.45) is 0 Å². The molecule has 1 spiro atoms. The van der Waals surface area contributed by atoms with Crippen molar-refractivity contribution >= 4 is 23.2 Å². The van der Waals surface area contributed by atoms with Crippen molar-refractivity contribution in [2.75, 3.05) is 38.7 Å². The van der Waals surface area contributed by atoms with Crippen LogP contribution in [0.2, 0.25) is 5.02 Å². The molecule has 1 fully saturated rings. The molecule has 8 heteroatoms. The third kappa shape index (κ3) is 5.28. The first-order valence-electron chi connectivity index (χ1n) is 10.8. The van der Waals surface area contributed by atoms with Gasteiger partial charge in [-0.2, -0.15) is 0 Å². The number of β-amino-alcohol motifs (C(OH)–C–C–N with tert-alkyl or cyclic N) is 1. The van der Waals surface area contributed by atoms with Crippen molar-refractivity contribution in [3.8, 4) is 17.2 Å². The number of hydrogen-bond acceptors (Lipinski definition) is 6. The van der Waals surface area contributed by atoms with E-state index in [-0.39, 0.29) is 18.1 Å². The van der Waals surface area contributed by atoms with Gasteiger partial charge in [-0.25, -0.2) is 0 Å². The number of methoxy groups -OCH3 is 1. The van der Waals surface area contributed by atoms with Gasteiger partial charge in [0.2, 0.25) is 5.91 Å². The Labute approximate surface area is 193 Å². The van der Waals surface area contributed by atoms with Gasteiger partial charge >= 0.3 is 0 Å². The number of anilines is 1. The van der Waals surface area contributed by atoms with Gasteiger partial charge in [0.05, 0.1) is 12.8 Å². The number of amides is 1. The van der Waals surface area contributed by atoms with Crippen molar-refractivity contribution in [1.82, 2.24) is 4.90 Å². The van der Waals surface area contributed by atoms with E-state index in [0.29, 0.717) is 23.7 Å². The van der Waals surface area contributed by atoms with Crippen molar-refractivity contribution in [2.45, 2.75) is 37.9 Å². The molecule has 1 amide bonds. The summed E-state index contributed by atoms with van der Waals surface area (Å²) in [6, 6.07) is 11.0. The van der Waals surface area contributed by atoms with E-state index < -0.39 is 6.10 Å². The Bertz CT molecular complexity index is 975. The number of hydrogen-bond donors (Lipinski definition) is 2. The van der Waals surface area contributed by atoms with Crippen LogP contribution in [0, 0.1) is 0 Å². The van der Waals surface area contributed by atoms with Crippen LogP contribution in [0.3, 0.4) is 0 Å². The normalized spacial score (nSPS) is 18.0. The Morgan fingerprint density at radius 3 is 2.78 bits per heavy atom. The van der Waals surface area contributed by atoms with Gasteiger partial charge in [0.1, 0.15) is 35.6 Å². The number of aliphatic hydroxyl groups is 1. The third-order valence-corrected chi connectivity index (χ3v) is 6.26. The van der Waals surface area contributed by atoms with Crippen LogP contribution in [0.5, 0.6) is 17.2 Å². The zero-order valence-electron chi connectivity index (χ0n) is 18.4. The molecule has 172 valence electrons. The maximum absolute atomic E-state index is 11.4. The van der Waals surface area contributed by atoms with Gasteiger partial charge in [-0.3, -0.25) is 4.79 Å². The quantitative estimate of drug-likeness (QED) is 0.658. The molecular formula is C24H29ClN2O5. The van der Waals surface area contributed by atoms with E-state index in [1.165, 1.54) is 12.5 Å². The number of ether oxygens (including phenoxy) is 3. The second kappa shape index (κ2) is 9.57. The lowest BCUT2D eigenvalue weighted by Crippen LogP contribution is -2.49. The van der Waals surface area contributed by atoms with E-state index in [9.17, 15) is 9.90 Å². The number of carbonyl (C=O) groups excluding carboxylic acids is 1. The Morgan fingerprint density at radius 2 is 2.06 bits per heavy atom. The zero-order chi connectivity index (χ0) is 22.7. The molecule has 0 radical (unpaired) electrons. The van der Waals surface area contributed by atoms with Crippen LogP contribution in [-0.2, 0) is 11.2 Å². The number of carbonyl (C=O) groups is 1. The fraction of sp³-hybridized carbons (Fsp3) is 0.458. The maximum Gasteiger partial charge on any atom is 0.221 e. The molecule has 2 heterocycles. The van der Waals surface area contributed by atoms with Crippen LogP contribution in [0.4, 0.5) is 5.69 Å². The minimum atomic E-state index is -0.666. The molecular weight excluding hydrogens is 432 g/mol. The standard InChI is InChI=1S/C24H29ClN2O5/c1-16(28)26-21-5-4-20(30-2)12-23(21)31-15-19(29)14-27-9-7-24(8-10-27)13-17-11-18(25)3-6-22(17)32-24/h3-6,11-12,19,29H,7-10,13-15H2,1-2H3,(H,26,28)/t19-/m1/s1. The molecule has 2 aromatic carbocycles. The number of rotatable bonds is 7. The van der Waals surface area contributed by atoms with Crippen LogP contribution >= 0.6 is 11.6 Å². The van der Waals surface area contributed by atoms with E-state index in [1.807, 2.05) is 18.2 Å². The highest BCUT2D eigenvalue weighted by Crippen LogP contribution is 2.42.